The van der Waals surface area contributed by atoms with Gasteiger partial charge in [-0.25, -0.2) is 4.79 Å². The number of hydrogen-bond acceptors (Lipinski definition) is 4. The molecule has 4 heteroatoms. The molecule has 1 aliphatic heterocycles. The van der Waals surface area contributed by atoms with Crippen LogP contribution in [0.4, 0.5) is 0 Å². The molecule has 1 aliphatic rings. The smallest absolute Gasteiger partial charge is 0.330 e. The summed E-state index contributed by atoms with van der Waals surface area (Å²) in [5, 5.41) is 3.00. The molecule has 2 rings (SSSR count). The summed E-state index contributed by atoms with van der Waals surface area (Å²) in [6, 6.07) is 8.93. The molecule has 1 aromatic carbocycles. The molecule has 4 nitrogen and oxygen atoms in total. The summed E-state index contributed by atoms with van der Waals surface area (Å²) in [4.78, 5) is 23.0. The van der Waals surface area contributed by atoms with Gasteiger partial charge in [-0.3, -0.25) is 4.79 Å². The highest BCUT2D eigenvalue weighted by atomic mass is 16.6. The zero-order chi connectivity index (χ0) is 12.1. The summed E-state index contributed by atoms with van der Waals surface area (Å²) in [7, 11) is 0. The number of rotatable bonds is 3. The molecule has 17 heavy (non-hydrogen) atoms. The number of benzene rings is 1. The summed E-state index contributed by atoms with van der Waals surface area (Å²) in [5.74, 6) is -0.946. The lowest BCUT2D eigenvalue weighted by Gasteiger charge is -2.08. The van der Waals surface area contributed by atoms with Crippen molar-refractivity contribution in [3.05, 3.63) is 35.9 Å². The highest BCUT2D eigenvalue weighted by Crippen LogP contribution is 2.08. The maximum absolute atomic E-state index is 11.5. The van der Waals surface area contributed by atoms with E-state index in [0.29, 0.717) is 0 Å². The molecule has 0 amide bonds. The maximum atomic E-state index is 11.5. The summed E-state index contributed by atoms with van der Waals surface area (Å²) in [5.41, 5.74) is 0.852. The lowest BCUT2D eigenvalue weighted by Crippen LogP contribution is -2.34. The van der Waals surface area contributed by atoms with Gasteiger partial charge in [-0.2, -0.15) is 0 Å². The molecule has 1 fully saturated rings. The fourth-order valence-electron chi connectivity index (χ4n) is 1.87. The first-order valence-electron chi connectivity index (χ1n) is 5.77. The Balaban J connectivity index is 1.83. The summed E-state index contributed by atoms with van der Waals surface area (Å²) >= 11 is 0. The topological polar surface area (TPSA) is 55.4 Å². The lowest BCUT2D eigenvalue weighted by atomic mass is 10.1. The largest absolute Gasteiger partial charge is 0.392 e. The third kappa shape index (κ3) is 3.39. The predicted molar refractivity (Wildman–Crippen MR) is 62.3 cm³/mol. The van der Waals surface area contributed by atoms with Crippen LogP contribution >= 0.6 is 0 Å². The second kappa shape index (κ2) is 5.59. The average Bonchev–Trinajstić information content (AvgIpc) is 2.83. The Morgan fingerprint density at radius 3 is 2.71 bits per heavy atom. The average molecular weight is 233 g/mol. The van der Waals surface area contributed by atoms with Crippen molar-refractivity contribution in [1.82, 2.24) is 5.32 Å². The van der Waals surface area contributed by atoms with Crippen LogP contribution < -0.4 is 5.32 Å². The van der Waals surface area contributed by atoms with E-state index in [2.05, 4.69) is 5.32 Å². The molecule has 1 saturated heterocycles. The lowest BCUT2D eigenvalue weighted by molar-refractivity contribution is -0.160. The van der Waals surface area contributed by atoms with Crippen molar-refractivity contribution in [2.24, 2.45) is 0 Å². The first kappa shape index (κ1) is 11.8. The van der Waals surface area contributed by atoms with Gasteiger partial charge >= 0.3 is 11.9 Å². The molecule has 0 spiro atoms. The molecule has 1 heterocycles. The van der Waals surface area contributed by atoms with Crippen LogP contribution in [0, 0.1) is 0 Å². The Morgan fingerprint density at radius 2 is 2.06 bits per heavy atom. The second-order valence-corrected chi connectivity index (χ2v) is 4.10. The van der Waals surface area contributed by atoms with Crippen LogP contribution in [0.3, 0.4) is 0 Å². The van der Waals surface area contributed by atoms with E-state index in [1.165, 1.54) is 0 Å². The number of carbonyl (C=O) groups excluding carboxylic acids is 2. The minimum atomic E-state index is -0.491. The van der Waals surface area contributed by atoms with Crippen molar-refractivity contribution in [1.29, 1.82) is 0 Å². The minimum absolute atomic E-state index is 0.138. The van der Waals surface area contributed by atoms with Gasteiger partial charge in [0, 0.05) is 0 Å². The van der Waals surface area contributed by atoms with E-state index in [9.17, 15) is 9.59 Å². The van der Waals surface area contributed by atoms with Crippen molar-refractivity contribution in [3.63, 3.8) is 0 Å². The summed E-state index contributed by atoms with van der Waals surface area (Å²) in [6.45, 7) is 0.812. The van der Waals surface area contributed by atoms with E-state index in [1.54, 1.807) is 0 Å². The minimum Gasteiger partial charge on any atom is -0.392 e. The van der Waals surface area contributed by atoms with Crippen molar-refractivity contribution in [2.45, 2.75) is 25.3 Å². The zero-order valence-electron chi connectivity index (χ0n) is 9.52. The van der Waals surface area contributed by atoms with Gasteiger partial charge in [-0.1, -0.05) is 30.3 Å². The van der Waals surface area contributed by atoms with E-state index in [-0.39, 0.29) is 12.5 Å². The highest BCUT2D eigenvalue weighted by molar-refractivity contribution is 5.89. The van der Waals surface area contributed by atoms with Gasteiger partial charge in [0.2, 0.25) is 0 Å². The van der Waals surface area contributed by atoms with E-state index < -0.39 is 11.9 Å². The van der Waals surface area contributed by atoms with E-state index in [4.69, 9.17) is 4.74 Å². The summed E-state index contributed by atoms with van der Waals surface area (Å²) in [6.07, 6.45) is 1.84. The molecule has 0 bridgehead atoms. The zero-order valence-corrected chi connectivity index (χ0v) is 9.52. The number of esters is 2. The molecule has 0 unspecified atom stereocenters. The molecule has 90 valence electrons. The molecule has 1 atom stereocenters. The normalized spacial score (nSPS) is 18.9. The van der Waals surface area contributed by atoms with Crippen LogP contribution in [0.2, 0.25) is 0 Å². The van der Waals surface area contributed by atoms with Gasteiger partial charge in [0.1, 0.15) is 6.04 Å². The third-order valence-corrected chi connectivity index (χ3v) is 2.75. The molecule has 0 saturated carbocycles. The maximum Gasteiger partial charge on any atom is 0.330 e. The van der Waals surface area contributed by atoms with Crippen molar-refractivity contribution < 1.29 is 14.3 Å². The van der Waals surface area contributed by atoms with Crippen molar-refractivity contribution >= 4 is 11.9 Å². The quantitative estimate of drug-likeness (QED) is 0.626. The van der Waals surface area contributed by atoms with Crippen LogP contribution in [-0.4, -0.2) is 24.5 Å². The van der Waals surface area contributed by atoms with Gasteiger partial charge in [0.05, 0.1) is 6.42 Å². The van der Waals surface area contributed by atoms with Crippen LogP contribution in [0.25, 0.3) is 0 Å². The number of ether oxygens (including phenoxy) is 1. The monoisotopic (exact) mass is 233 g/mol. The van der Waals surface area contributed by atoms with Gasteiger partial charge < -0.3 is 10.1 Å². The Hall–Kier alpha value is -1.68. The van der Waals surface area contributed by atoms with E-state index >= 15 is 0 Å². The fourth-order valence-corrected chi connectivity index (χ4v) is 1.87. The Bertz CT molecular complexity index is 396. The third-order valence-electron chi connectivity index (χ3n) is 2.75. The Labute approximate surface area is 100.0 Å². The molecule has 0 radical (unpaired) electrons. The SMILES string of the molecule is O=C(Cc1ccccc1)OC(=O)[C@@H]1CCCN1. The number of carbonyl (C=O) groups is 2. The molecule has 1 N–H and O–H groups in total. The van der Waals surface area contributed by atoms with Crippen LogP contribution in [0.1, 0.15) is 18.4 Å². The van der Waals surface area contributed by atoms with Crippen molar-refractivity contribution in [2.75, 3.05) is 6.54 Å². The number of nitrogens with one attached hydrogen (secondary N) is 1. The molecule has 0 aliphatic carbocycles. The first-order chi connectivity index (χ1) is 8.25. The molecular weight excluding hydrogens is 218 g/mol. The Kier molecular flexibility index (Phi) is 3.88. The number of hydrogen-bond donors (Lipinski definition) is 1. The van der Waals surface area contributed by atoms with Gasteiger partial charge in [-0.15, -0.1) is 0 Å². The van der Waals surface area contributed by atoms with Gasteiger partial charge in [0.15, 0.2) is 0 Å². The van der Waals surface area contributed by atoms with Crippen molar-refractivity contribution in [3.8, 4) is 0 Å². The molecule has 1 aromatic rings. The molecule has 0 aromatic heterocycles. The standard InChI is InChI=1S/C13H15NO3/c15-12(9-10-5-2-1-3-6-10)17-13(16)11-7-4-8-14-11/h1-3,5-6,11,14H,4,7-9H2/t11-/m0/s1. The van der Waals surface area contributed by atoms with Crippen LogP contribution in [0.15, 0.2) is 30.3 Å². The van der Waals surface area contributed by atoms with Crippen LogP contribution in [0.5, 0.6) is 0 Å². The van der Waals surface area contributed by atoms with E-state index in [0.717, 1.165) is 24.9 Å². The first-order valence-corrected chi connectivity index (χ1v) is 5.77. The Morgan fingerprint density at radius 1 is 1.29 bits per heavy atom. The predicted octanol–water partition coefficient (Wildman–Crippen LogP) is 1.05. The summed E-state index contributed by atoms with van der Waals surface area (Å²) < 4.78 is 4.80. The van der Waals surface area contributed by atoms with Gasteiger partial charge in [-0.05, 0) is 24.9 Å². The second-order valence-electron chi connectivity index (χ2n) is 4.10. The van der Waals surface area contributed by atoms with Gasteiger partial charge in [0.25, 0.3) is 0 Å². The van der Waals surface area contributed by atoms with E-state index in [1.807, 2.05) is 30.3 Å². The molecular formula is C13H15NO3. The van der Waals surface area contributed by atoms with Crippen LogP contribution in [-0.2, 0) is 20.7 Å². The fraction of sp³-hybridized carbons (Fsp3) is 0.385. The highest BCUT2D eigenvalue weighted by Gasteiger charge is 2.25.